The smallest absolute Gasteiger partial charge is 0.380 e. The van der Waals surface area contributed by atoms with Crippen molar-refractivity contribution in [2.24, 2.45) is 5.92 Å². The molecule has 1 saturated carbocycles. The fourth-order valence-electron chi connectivity index (χ4n) is 2.41. The van der Waals surface area contributed by atoms with Gasteiger partial charge in [0.25, 0.3) is 0 Å². The van der Waals surface area contributed by atoms with Gasteiger partial charge in [0, 0.05) is 25.6 Å². The van der Waals surface area contributed by atoms with Crippen LogP contribution in [0.1, 0.15) is 45.4 Å². The van der Waals surface area contributed by atoms with Gasteiger partial charge in [0.15, 0.2) is 0 Å². The molecule has 0 amide bonds. The van der Waals surface area contributed by atoms with E-state index in [9.17, 15) is 13.2 Å². The molecule has 18 heavy (non-hydrogen) atoms. The maximum absolute atomic E-state index is 11.8. The van der Waals surface area contributed by atoms with Crippen LogP contribution in [-0.4, -0.2) is 32.0 Å². The van der Waals surface area contributed by atoms with Gasteiger partial charge < -0.3 is 10.1 Å². The summed E-state index contributed by atoms with van der Waals surface area (Å²) in [6.07, 6.45) is 0.309. The van der Waals surface area contributed by atoms with Crippen molar-refractivity contribution in [1.29, 1.82) is 0 Å². The van der Waals surface area contributed by atoms with Crippen molar-refractivity contribution in [3.63, 3.8) is 0 Å². The fourth-order valence-corrected chi connectivity index (χ4v) is 2.41. The Labute approximate surface area is 107 Å². The number of alkyl halides is 3. The van der Waals surface area contributed by atoms with Crippen LogP contribution < -0.4 is 5.32 Å². The summed E-state index contributed by atoms with van der Waals surface area (Å²) >= 11 is 0. The molecule has 0 saturated heterocycles. The first-order valence-electron chi connectivity index (χ1n) is 6.87. The normalized spacial score (nSPS) is 25.3. The molecule has 2 unspecified atom stereocenters. The van der Waals surface area contributed by atoms with Crippen molar-refractivity contribution in [2.75, 3.05) is 19.8 Å². The van der Waals surface area contributed by atoms with E-state index < -0.39 is 12.6 Å². The lowest BCUT2D eigenvalue weighted by Crippen LogP contribution is -2.39. The monoisotopic (exact) mass is 267 g/mol. The van der Waals surface area contributed by atoms with E-state index in [0.717, 1.165) is 6.54 Å². The zero-order chi connectivity index (χ0) is 13.4. The first kappa shape index (κ1) is 15.8. The van der Waals surface area contributed by atoms with Crippen LogP contribution in [0.15, 0.2) is 0 Å². The summed E-state index contributed by atoms with van der Waals surface area (Å²) < 4.78 is 40.7. The molecular weight excluding hydrogens is 243 g/mol. The summed E-state index contributed by atoms with van der Waals surface area (Å²) in [6.45, 7) is 3.69. The van der Waals surface area contributed by atoms with Crippen LogP contribution in [0.3, 0.4) is 0 Å². The second-order valence-electron chi connectivity index (χ2n) is 5.15. The van der Waals surface area contributed by atoms with Crippen molar-refractivity contribution in [1.82, 2.24) is 5.32 Å². The third kappa shape index (κ3) is 7.21. The van der Waals surface area contributed by atoms with E-state index in [4.69, 9.17) is 4.74 Å². The van der Waals surface area contributed by atoms with Gasteiger partial charge in [0.05, 0.1) is 6.61 Å². The third-order valence-corrected chi connectivity index (χ3v) is 3.51. The molecule has 1 fully saturated rings. The molecular formula is C13H24F3NO. The molecule has 0 aliphatic heterocycles. The Morgan fingerprint density at radius 1 is 1.17 bits per heavy atom. The second-order valence-corrected chi connectivity index (χ2v) is 5.15. The van der Waals surface area contributed by atoms with Crippen molar-refractivity contribution >= 4 is 0 Å². The van der Waals surface area contributed by atoms with Gasteiger partial charge in [-0.2, -0.15) is 13.2 Å². The second kappa shape index (κ2) is 8.00. The van der Waals surface area contributed by atoms with Crippen LogP contribution in [0.25, 0.3) is 0 Å². The summed E-state index contributed by atoms with van der Waals surface area (Å²) in [7, 11) is 0. The highest BCUT2D eigenvalue weighted by Crippen LogP contribution is 2.23. The van der Waals surface area contributed by atoms with E-state index in [1.807, 2.05) is 0 Å². The Hall–Kier alpha value is -0.290. The van der Waals surface area contributed by atoms with Crippen molar-refractivity contribution in [3.05, 3.63) is 0 Å². The molecule has 5 heteroatoms. The number of ether oxygens (including phenoxy) is 1. The third-order valence-electron chi connectivity index (χ3n) is 3.51. The molecule has 1 rings (SSSR count). The van der Waals surface area contributed by atoms with Crippen molar-refractivity contribution < 1.29 is 17.9 Å². The Balaban J connectivity index is 1.92. The minimum atomic E-state index is -4.06. The van der Waals surface area contributed by atoms with Crippen LogP contribution in [0.4, 0.5) is 13.2 Å². The zero-order valence-electron chi connectivity index (χ0n) is 11.1. The number of hydrogen-bond acceptors (Lipinski definition) is 2. The average molecular weight is 267 g/mol. The van der Waals surface area contributed by atoms with E-state index >= 15 is 0 Å². The quantitative estimate of drug-likeness (QED) is 0.713. The van der Waals surface area contributed by atoms with E-state index in [0.29, 0.717) is 18.6 Å². The molecule has 0 spiro atoms. The molecule has 1 N–H and O–H groups in total. The molecule has 0 aromatic heterocycles. The van der Waals surface area contributed by atoms with Crippen molar-refractivity contribution in [3.8, 4) is 0 Å². The van der Waals surface area contributed by atoms with Gasteiger partial charge in [-0.1, -0.05) is 19.8 Å². The standard InChI is InChI=1S/C13H24F3NO/c1-11-5-2-3-6-12(11)17-8-10-18-9-4-7-13(14,15)16/h11-12,17H,2-10H2,1H3. The summed E-state index contributed by atoms with van der Waals surface area (Å²) in [5.74, 6) is 0.698. The summed E-state index contributed by atoms with van der Waals surface area (Å²) in [5.41, 5.74) is 0. The molecule has 1 aliphatic rings. The number of nitrogens with one attached hydrogen (secondary N) is 1. The molecule has 108 valence electrons. The van der Waals surface area contributed by atoms with E-state index in [1.165, 1.54) is 25.7 Å². The first-order valence-corrected chi connectivity index (χ1v) is 6.87. The highest BCUT2D eigenvalue weighted by Gasteiger charge is 2.26. The Bertz CT molecular complexity index is 221. The number of rotatable bonds is 7. The Morgan fingerprint density at radius 2 is 1.89 bits per heavy atom. The van der Waals surface area contributed by atoms with Crippen LogP contribution in [-0.2, 0) is 4.74 Å². The molecule has 0 bridgehead atoms. The SMILES string of the molecule is CC1CCCCC1NCCOCCCC(F)(F)F. The van der Waals surface area contributed by atoms with Crippen LogP contribution in [0.5, 0.6) is 0 Å². The Kier molecular flexibility index (Phi) is 7.00. The van der Waals surface area contributed by atoms with Crippen LogP contribution >= 0.6 is 0 Å². The highest BCUT2D eigenvalue weighted by atomic mass is 19.4. The van der Waals surface area contributed by atoms with Crippen LogP contribution in [0, 0.1) is 5.92 Å². The Morgan fingerprint density at radius 3 is 2.56 bits per heavy atom. The highest BCUT2D eigenvalue weighted by molar-refractivity contribution is 4.77. The molecule has 0 aromatic carbocycles. The maximum atomic E-state index is 11.8. The molecule has 0 heterocycles. The number of halogens is 3. The predicted octanol–water partition coefficient (Wildman–Crippen LogP) is 3.51. The van der Waals surface area contributed by atoms with Gasteiger partial charge in [0.2, 0.25) is 0 Å². The molecule has 2 atom stereocenters. The molecule has 0 aromatic rings. The van der Waals surface area contributed by atoms with Gasteiger partial charge in [-0.25, -0.2) is 0 Å². The summed E-state index contributed by atoms with van der Waals surface area (Å²) in [4.78, 5) is 0. The molecule has 1 aliphatic carbocycles. The minimum absolute atomic E-state index is 0.0589. The van der Waals surface area contributed by atoms with Crippen molar-refractivity contribution in [2.45, 2.75) is 57.7 Å². The minimum Gasteiger partial charge on any atom is -0.380 e. The molecule has 2 nitrogen and oxygen atoms in total. The van der Waals surface area contributed by atoms with Gasteiger partial charge in [-0.15, -0.1) is 0 Å². The zero-order valence-corrected chi connectivity index (χ0v) is 11.1. The van der Waals surface area contributed by atoms with Gasteiger partial charge in [-0.05, 0) is 25.2 Å². The van der Waals surface area contributed by atoms with Gasteiger partial charge in [-0.3, -0.25) is 0 Å². The topological polar surface area (TPSA) is 21.3 Å². The summed E-state index contributed by atoms with van der Waals surface area (Å²) in [6, 6.07) is 0.553. The predicted molar refractivity (Wildman–Crippen MR) is 65.5 cm³/mol. The molecule has 0 radical (unpaired) electrons. The average Bonchev–Trinajstić information content (AvgIpc) is 2.28. The summed E-state index contributed by atoms with van der Waals surface area (Å²) in [5, 5.41) is 3.43. The van der Waals surface area contributed by atoms with Gasteiger partial charge in [0.1, 0.15) is 0 Å². The first-order chi connectivity index (χ1) is 8.49. The number of hydrogen-bond donors (Lipinski definition) is 1. The lowest BCUT2D eigenvalue weighted by molar-refractivity contribution is -0.137. The van der Waals surface area contributed by atoms with Gasteiger partial charge >= 0.3 is 6.18 Å². The van der Waals surface area contributed by atoms with E-state index in [-0.39, 0.29) is 13.0 Å². The van der Waals surface area contributed by atoms with Crippen LogP contribution in [0.2, 0.25) is 0 Å². The largest absolute Gasteiger partial charge is 0.389 e. The maximum Gasteiger partial charge on any atom is 0.389 e. The van der Waals surface area contributed by atoms with E-state index in [1.54, 1.807) is 0 Å². The fraction of sp³-hybridized carbons (Fsp3) is 1.00. The lowest BCUT2D eigenvalue weighted by Gasteiger charge is -2.29. The van der Waals surface area contributed by atoms with E-state index in [2.05, 4.69) is 12.2 Å². The lowest BCUT2D eigenvalue weighted by atomic mass is 9.86.